The second kappa shape index (κ2) is 4.11. The number of carbonyl (C=O) groups is 1. The normalized spacial score (nSPS) is 14.7. The van der Waals surface area contributed by atoms with E-state index in [2.05, 4.69) is 21.2 Å². The van der Waals surface area contributed by atoms with Crippen molar-refractivity contribution in [1.82, 2.24) is 5.32 Å². The van der Waals surface area contributed by atoms with Gasteiger partial charge in [0.1, 0.15) is 0 Å². The first-order chi connectivity index (χ1) is 6.09. The number of carbonyl (C=O) groups excluding carboxylic acids is 1. The van der Waals surface area contributed by atoms with Crippen LogP contribution >= 0.6 is 27.5 Å². The average Bonchev–Trinajstić information content (AvgIpc) is 2.18. The fraction of sp³-hybridized carbons (Fsp3) is 0.222. The minimum Gasteiger partial charge on any atom is -0.357 e. The highest BCUT2D eigenvalue weighted by atomic mass is 79.9. The Morgan fingerprint density at radius 2 is 2.00 bits per heavy atom. The van der Waals surface area contributed by atoms with E-state index < -0.39 is 3.78 Å². The van der Waals surface area contributed by atoms with E-state index in [0.29, 0.717) is 0 Å². The van der Waals surface area contributed by atoms with Crippen molar-refractivity contribution in [1.29, 1.82) is 0 Å². The van der Waals surface area contributed by atoms with Crippen LogP contribution in [0.4, 0.5) is 0 Å². The summed E-state index contributed by atoms with van der Waals surface area (Å²) < 4.78 is -1.16. The van der Waals surface area contributed by atoms with Gasteiger partial charge in [-0.25, -0.2) is 0 Å². The molecule has 0 aliphatic carbocycles. The predicted octanol–water partition coefficient (Wildman–Crippen LogP) is 2.22. The molecule has 4 heteroatoms. The molecule has 0 fully saturated rings. The van der Waals surface area contributed by atoms with Gasteiger partial charge in [-0.3, -0.25) is 4.79 Å². The summed E-state index contributed by atoms with van der Waals surface area (Å²) >= 11 is 9.19. The van der Waals surface area contributed by atoms with Gasteiger partial charge in [-0.15, -0.1) is 0 Å². The van der Waals surface area contributed by atoms with Crippen LogP contribution in [0.3, 0.4) is 0 Å². The number of alkyl halides is 2. The van der Waals surface area contributed by atoms with Crippen LogP contribution < -0.4 is 5.32 Å². The lowest BCUT2D eigenvalue weighted by Gasteiger charge is -2.17. The third-order valence-corrected chi connectivity index (χ3v) is 2.86. The van der Waals surface area contributed by atoms with Gasteiger partial charge in [-0.2, -0.15) is 0 Å². The summed E-state index contributed by atoms with van der Waals surface area (Å²) in [5.41, 5.74) is 0.719. The zero-order valence-electron chi connectivity index (χ0n) is 7.05. The van der Waals surface area contributed by atoms with Gasteiger partial charge in [0.15, 0.2) is 0 Å². The fourth-order valence-corrected chi connectivity index (χ4v) is 1.62. The summed E-state index contributed by atoms with van der Waals surface area (Å²) in [5.74, 6) is -0.277. The maximum absolute atomic E-state index is 11.3. The van der Waals surface area contributed by atoms with Gasteiger partial charge in [0.25, 0.3) is 5.91 Å². The van der Waals surface area contributed by atoms with Crippen molar-refractivity contribution in [3.8, 4) is 0 Å². The van der Waals surface area contributed by atoms with Crippen LogP contribution in [0.15, 0.2) is 30.3 Å². The quantitative estimate of drug-likeness (QED) is 0.814. The minimum absolute atomic E-state index is 0.277. The Hall–Kier alpha value is -0.540. The van der Waals surface area contributed by atoms with Crippen molar-refractivity contribution in [2.75, 3.05) is 7.05 Å². The van der Waals surface area contributed by atoms with Crippen LogP contribution in [0.25, 0.3) is 0 Å². The largest absolute Gasteiger partial charge is 0.357 e. The first-order valence-electron chi connectivity index (χ1n) is 3.74. The fourth-order valence-electron chi connectivity index (χ4n) is 0.936. The van der Waals surface area contributed by atoms with E-state index in [-0.39, 0.29) is 5.91 Å². The molecular weight excluding hydrogens is 253 g/mol. The first kappa shape index (κ1) is 10.5. The molecule has 0 radical (unpaired) electrons. The summed E-state index contributed by atoms with van der Waals surface area (Å²) in [6, 6.07) is 9.11. The third kappa shape index (κ3) is 2.23. The molecule has 70 valence electrons. The van der Waals surface area contributed by atoms with Gasteiger partial charge in [0.2, 0.25) is 3.78 Å². The monoisotopic (exact) mass is 261 g/mol. The van der Waals surface area contributed by atoms with E-state index >= 15 is 0 Å². The lowest BCUT2D eigenvalue weighted by molar-refractivity contribution is -0.121. The molecule has 0 saturated carbocycles. The number of benzene rings is 1. The van der Waals surface area contributed by atoms with Gasteiger partial charge in [0.05, 0.1) is 0 Å². The Labute approximate surface area is 90.4 Å². The molecule has 13 heavy (non-hydrogen) atoms. The highest BCUT2D eigenvalue weighted by Gasteiger charge is 2.33. The maximum atomic E-state index is 11.3. The van der Waals surface area contributed by atoms with Gasteiger partial charge in [-0.05, 0) is 5.56 Å². The van der Waals surface area contributed by atoms with E-state index in [1.165, 1.54) is 0 Å². The van der Waals surface area contributed by atoms with Crippen LogP contribution in [0.2, 0.25) is 0 Å². The Morgan fingerprint density at radius 1 is 1.46 bits per heavy atom. The van der Waals surface area contributed by atoms with Crippen molar-refractivity contribution in [2.45, 2.75) is 3.78 Å². The van der Waals surface area contributed by atoms with Crippen molar-refractivity contribution in [3.63, 3.8) is 0 Å². The molecule has 0 aliphatic heterocycles. The smallest absolute Gasteiger partial charge is 0.256 e. The van der Waals surface area contributed by atoms with Gasteiger partial charge < -0.3 is 5.32 Å². The minimum atomic E-state index is -1.16. The molecule has 0 spiro atoms. The topological polar surface area (TPSA) is 29.1 Å². The van der Waals surface area contributed by atoms with Gasteiger partial charge in [0, 0.05) is 7.05 Å². The molecule has 2 nitrogen and oxygen atoms in total. The third-order valence-electron chi connectivity index (χ3n) is 1.65. The SMILES string of the molecule is CNC(=O)C(Cl)(Br)c1ccccc1. The standard InChI is InChI=1S/C9H9BrClNO/c1-12-8(13)9(10,11)7-5-3-2-4-6-7/h2-6H,1H3,(H,12,13). The predicted molar refractivity (Wildman–Crippen MR) is 57.0 cm³/mol. The number of rotatable bonds is 2. The second-order valence-corrected chi connectivity index (χ2v) is 4.73. The van der Waals surface area contributed by atoms with E-state index in [9.17, 15) is 4.79 Å². The molecule has 1 aromatic carbocycles. The number of hydrogen-bond donors (Lipinski definition) is 1. The van der Waals surface area contributed by atoms with Crippen LogP contribution in [-0.2, 0) is 8.58 Å². The lowest BCUT2D eigenvalue weighted by Crippen LogP contribution is -2.33. The lowest BCUT2D eigenvalue weighted by atomic mass is 10.1. The molecule has 1 N–H and O–H groups in total. The zero-order valence-corrected chi connectivity index (χ0v) is 9.39. The zero-order chi connectivity index (χ0) is 9.90. The first-order valence-corrected chi connectivity index (χ1v) is 4.91. The number of amides is 1. The van der Waals surface area contributed by atoms with E-state index in [4.69, 9.17) is 11.6 Å². The molecule has 1 rings (SSSR count). The van der Waals surface area contributed by atoms with Crippen molar-refractivity contribution in [2.24, 2.45) is 0 Å². The summed E-state index contributed by atoms with van der Waals surface area (Å²) in [4.78, 5) is 11.3. The van der Waals surface area contributed by atoms with Crippen molar-refractivity contribution in [3.05, 3.63) is 35.9 Å². The van der Waals surface area contributed by atoms with E-state index in [1.807, 2.05) is 18.2 Å². The summed E-state index contributed by atoms with van der Waals surface area (Å²) in [5, 5.41) is 2.49. The number of nitrogens with one attached hydrogen (secondary N) is 1. The molecule has 0 saturated heterocycles. The van der Waals surface area contributed by atoms with E-state index in [0.717, 1.165) is 5.56 Å². The molecule has 0 aliphatic rings. The Bertz CT molecular complexity index is 300. The van der Waals surface area contributed by atoms with E-state index in [1.54, 1.807) is 19.2 Å². The van der Waals surface area contributed by atoms with Gasteiger partial charge in [-0.1, -0.05) is 57.9 Å². The molecule has 0 bridgehead atoms. The molecule has 1 aromatic rings. The van der Waals surface area contributed by atoms with Crippen molar-refractivity contribution >= 4 is 33.4 Å². The number of likely N-dealkylation sites (N-methyl/N-ethyl adjacent to an activating group) is 1. The van der Waals surface area contributed by atoms with Crippen LogP contribution in [0.1, 0.15) is 5.56 Å². The second-order valence-electron chi connectivity index (χ2n) is 2.52. The molecule has 0 aromatic heterocycles. The maximum Gasteiger partial charge on any atom is 0.256 e. The Kier molecular flexibility index (Phi) is 3.33. The Balaban J connectivity index is 3.00. The summed E-state index contributed by atoms with van der Waals surface area (Å²) in [6.07, 6.45) is 0. The molecule has 1 amide bonds. The number of hydrogen-bond acceptors (Lipinski definition) is 1. The Morgan fingerprint density at radius 3 is 2.46 bits per heavy atom. The average molecular weight is 263 g/mol. The molecule has 1 atom stereocenters. The van der Waals surface area contributed by atoms with Crippen LogP contribution in [-0.4, -0.2) is 13.0 Å². The summed E-state index contributed by atoms with van der Waals surface area (Å²) in [7, 11) is 1.55. The van der Waals surface area contributed by atoms with Crippen LogP contribution in [0.5, 0.6) is 0 Å². The molecule has 0 heterocycles. The van der Waals surface area contributed by atoms with Crippen molar-refractivity contribution < 1.29 is 4.79 Å². The highest BCUT2D eigenvalue weighted by Crippen LogP contribution is 2.35. The van der Waals surface area contributed by atoms with Gasteiger partial charge >= 0.3 is 0 Å². The summed E-state index contributed by atoms with van der Waals surface area (Å²) in [6.45, 7) is 0. The number of halogens is 2. The highest BCUT2D eigenvalue weighted by molar-refractivity contribution is 9.10. The molecular formula is C9H9BrClNO. The van der Waals surface area contributed by atoms with Crippen LogP contribution in [0, 0.1) is 0 Å². The molecule has 1 unspecified atom stereocenters.